The summed E-state index contributed by atoms with van der Waals surface area (Å²) in [5.74, 6) is 4.24. The van der Waals surface area contributed by atoms with E-state index in [2.05, 4.69) is 87.0 Å². The molecule has 4 fully saturated rings. The first kappa shape index (κ1) is 61.3. The first-order valence-corrected chi connectivity index (χ1v) is 31.4. The fourth-order valence-electron chi connectivity index (χ4n) is 12.7. The summed E-state index contributed by atoms with van der Waals surface area (Å²) in [7, 11) is 7.80. The maximum atomic E-state index is 13.5. The number of ketones is 3. The normalized spacial score (nSPS) is 19.5. The van der Waals surface area contributed by atoms with E-state index in [0.29, 0.717) is 85.2 Å². The summed E-state index contributed by atoms with van der Waals surface area (Å²) >= 11 is 0. The summed E-state index contributed by atoms with van der Waals surface area (Å²) < 4.78 is 43.2. The average molecular weight is 1220 g/mol. The van der Waals surface area contributed by atoms with Crippen molar-refractivity contribution in [2.24, 2.45) is 38.9 Å². The first-order valence-electron chi connectivity index (χ1n) is 31.4. The minimum Gasteiger partial charge on any atom is -0.474 e. The number of benzene rings is 1. The molecule has 4 aliphatic rings. The van der Waals surface area contributed by atoms with E-state index in [4.69, 9.17) is 24.2 Å². The third kappa shape index (κ3) is 13.9. The number of halogens is 1. The SMILES string of the molecule is CC(F)n1cnc(-c2cc3nn(C)cc3c(O[C@H](C)[C@H]3CCC(=O)C3)n2)c1.C[C@@H](Oc1nc(-c2cnn(C3CCN(C)CC3)c2)cc2nn(C)cc12)[C@H]1CCC(=O)C1.Cc1nccn1Cc1ccc(-c2cc3nn(C)cc3c(O[C@H](C)[C@H]3CCC(=O)C3)n2)cc1. The summed E-state index contributed by atoms with van der Waals surface area (Å²) in [6.45, 7) is 12.5. The molecule has 1 aromatic carbocycles. The Morgan fingerprint density at radius 3 is 1.47 bits per heavy atom. The highest BCUT2D eigenvalue weighted by molar-refractivity contribution is 5.89. The summed E-state index contributed by atoms with van der Waals surface area (Å²) in [5.41, 5.74) is 8.38. The molecule has 1 saturated heterocycles. The molecule has 470 valence electrons. The topological polar surface area (TPSA) is 228 Å². The van der Waals surface area contributed by atoms with Gasteiger partial charge in [0.25, 0.3) is 0 Å². The van der Waals surface area contributed by atoms with E-state index < -0.39 is 6.30 Å². The zero-order valence-corrected chi connectivity index (χ0v) is 52.7. The lowest BCUT2D eigenvalue weighted by Gasteiger charge is -2.28. The summed E-state index contributed by atoms with van der Waals surface area (Å²) in [6, 6.07) is 14.7. The molecule has 0 amide bonds. The predicted octanol–water partition coefficient (Wildman–Crippen LogP) is 11.0. The Balaban J connectivity index is 0.000000131. The average Bonchev–Trinajstić information content (AvgIpc) is 2.28. The number of hydrogen-bond donors (Lipinski definition) is 0. The van der Waals surface area contributed by atoms with Gasteiger partial charge in [-0.05, 0) is 111 Å². The molecule has 9 aromatic heterocycles. The minimum absolute atomic E-state index is 0.0699. The number of piperidine rings is 1. The van der Waals surface area contributed by atoms with Gasteiger partial charge in [0, 0.05) is 138 Å². The number of hydrogen-bond acceptors (Lipinski definition) is 16. The van der Waals surface area contributed by atoms with Gasteiger partial charge in [-0.2, -0.15) is 20.4 Å². The van der Waals surface area contributed by atoms with Crippen LogP contribution < -0.4 is 14.2 Å². The number of carbonyl (C=O) groups is 3. The number of carbonyl (C=O) groups excluding carboxylic acids is 3. The smallest absolute Gasteiger partial charge is 0.225 e. The molecule has 7 atom stereocenters. The molecule has 0 bridgehead atoms. The van der Waals surface area contributed by atoms with Crippen LogP contribution in [0, 0.1) is 24.7 Å². The van der Waals surface area contributed by atoms with Crippen LogP contribution in [0.4, 0.5) is 4.39 Å². The second kappa shape index (κ2) is 26.2. The van der Waals surface area contributed by atoms with Crippen LogP contribution in [0.3, 0.4) is 0 Å². The van der Waals surface area contributed by atoms with Crippen molar-refractivity contribution in [3.8, 4) is 51.5 Å². The van der Waals surface area contributed by atoms with Crippen LogP contribution >= 0.6 is 0 Å². The Morgan fingerprint density at radius 2 is 1.03 bits per heavy atom. The Kier molecular flexibility index (Phi) is 17.8. The van der Waals surface area contributed by atoms with Crippen molar-refractivity contribution in [1.82, 2.24) is 78.1 Å². The van der Waals surface area contributed by atoms with Crippen molar-refractivity contribution in [3.63, 3.8) is 0 Å². The largest absolute Gasteiger partial charge is 0.474 e. The number of aromatic nitrogens is 15. The highest BCUT2D eigenvalue weighted by atomic mass is 19.1. The molecule has 10 aromatic rings. The molecule has 23 heteroatoms. The van der Waals surface area contributed by atoms with E-state index in [-0.39, 0.29) is 41.8 Å². The molecule has 1 aliphatic heterocycles. The summed E-state index contributed by atoms with van der Waals surface area (Å²) in [6.07, 6.45) is 23.6. The number of aryl methyl sites for hydroxylation is 4. The fraction of sp³-hybridized carbons (Fsp3) is 0.463. The molecule has 0 spiro atoms. The number of likely N-dealkylation sites (tertiary alicyclic amines) is 1. The fourth-order valence-corrected chi connectivity index (χ4v) is 12.7. The summed E-state index contributed by atoms with van der Waals surface area (Å²) in [5, 5.41) is 20.9. The quantitative estimate of drug-likeness (QED) is 0.0876. The van der Waals surface area contributed by atoms with Crippen molar-refractivity contribution in [1.29, 1.82) is 0 Å². The minimum atomic E-state index is -1.17. The van der Waals surface area contributed by atoms with Crippen molar-refractivity contribution in [2.45, 2.75) is 142 Å². The Labute approximate surface area is 521 Å². The number of alkyl halides is 1. The van der Waals surface area contributed by atoms with Gasteiger partial charge < -0.3 is 28.2 Å². The number of fused-ring (bicyclic) bond motifs is 3. The van der Waals surface area contributed by atoms with Crippen LogP contribution in [-0.4, -0.2) is 134 Å². The number of imidazole rings is 2. The highest BCUT2D eigenvalue weighted by Gasteiger charge is 2.32. The predicted molar refractivity (Wildman–Crippen MR) is 338 cm³/mol. The molecular formula is C67H79FN16O6. The second-order valence-corrected chi connectivity index (χ2v) is 25.1. The third-order valence-corrected chi connectivity index (χ3v) is 18.2. The van der Waals surface area contributed by atoms with Crippen molar-refractivity contribution >= 4 is 50.1 Å². The van der Waals surface area contributed by atoms with Crippen LogP contribution in [0.2, 0.25) is 0 Å². The van der Waals surface area contributed by atoms with Crippen LogP contribution in [-0.2, 0) is 42.1 Å². The van der Waals surface area contributed by atoms with Crippen molar-refractivity contribution in [3.05, 3.63) is 110 Å². The molecule has 1 unspecified atom stereocenters. The monoisotopic (exact) mass is 1220 g/mol. The van der Waals surface area contributed by atoms with E-state index >= 15 is 0 Å². The number of Topliss-reactive ketones (excluding diaryl/α,β-unsaturated/α-hetero) is 3. The molecule has 10 heterocycles. The van der Waals surface area contributed by atoms with E-state index in [1.54, 1.807) is 20.2 Å². The molecule has 22 nitrogen and oxygen atoms in total. The van der Waals surface area contributed by atoms with Gasteiger partial charge in [0.1, 0.15) is 47.2 Å². The summed E-state index contributed by atoms with van der Waals surface area (Å²) in [4.78, 5) is 60.3. The van der Waals surface area contributed by atoms with Gasteiger partial charge in [0.05, 0.1) is 68.4 Å². The third-order valence-electron chi connectivity index (χ3n) is 18.2. The number of pyridine rings is 3. The number of nitrogens with zero attached hydrogens (tertiary/aromatic N) is 16. The van der Waals surface area contributed by atoms with Gasteiger partial charge in [-0.15, -0.1) is 0 Å². The van der Waals surface area contributed by atoms with Gasteiger partial charge in [-0.3, -0.25) is 33.1 Å². The number of ether oxygens (including phenoxy) is 3. The lowest BCUT2D eigenvalue weighted by molar-refractivity contribution is -0.118. The van der Waals surface area contributed by atoms with Crippen molar-refractivity contribution in [2.75, 3.05) is 20.1 Å². The van der Waals surface area contributed by atoms with Gasteiger partial charge in [0.2, 0.25) is 17.6 Å². The van der Waals surface area contributed by atoms with Gasteiger partial charge in [-0.1, -0.05) is 24.3 Å². The van der Waals surface area contributed by atoms with Crippen LogP contribution in [0.5, 0.6) is 17.6 Å². The molecule has 0 radical (unpaired) electrons. The van der Waals surface area contributed by atoms with E-state index in [9.17, 15) is 18.8 Å². The second-order valence-electron chi connectivity index (χ2n) is 25.1. The van der Waals surface area contributed by atoms with Crippen molar-refractivity contribution < 1.29 is 33.0 Å². The standard InChI is InChI=1S/C25H27N5O2.C23H30N6O2.C19H22FN5O2/c1-16(20-8-9-21(31)12-20)32-25-22-15-29(3)28-24(22)13-23(27-25)19-6-4-18(5-7-19)14-30-11-10-26-17(30)2;1-15(16-4-5-19(30)10-16)31-23-20-14-28(3)26-22(20)11-21(25-23)17-12-24-29(13-17)18-6-8-27(2)9-7-18;1-11(13-4-5-14(26)6-13)27-19-15-8-24(3)23-16(15)7-17(22-19)18-9-25(10-21-18)12(2)20/h4-7,10-11,13,15-16,20H,8-9,12,14H2,1-3H3;11-16,18H,4-10H2,1-3H3;7-13H,4-6H2,1-3H3/t16-,20+;15-,16+;11-,12?,13+/m111/s1. The van der Waals surface area contributed by atoms with Gasteiger partial charge >= 0.3 is 0 Å². The maximum absolute atomic E-state index is 13.5. The van der Waals surface area contributed by atoms with Crippen LogP contribution in [0.1, 0.15) is 122 Å². The van der Waals surface area contributed by atoms with E-state index in [0.717, 1.165) is 113 Å². The lowest BCUT2D eigenvalue weighted by Crippen LogP contribution is -2.31. The zero-order valence-electron chi connectivity index (χ0n) is 52.7. The first-order chi connectivity index (χ1) is 43.3. The van der Waals surface area contributed by atoms with Gasteiger partial charge in [0.15, 0.2) is 6.30 Å². The van der Waals surface area contributed by atoms with Crippen LogP contribution in [0.15, 0.2) is 98.4 Å². The molecule has 3 saturated carbocycles. The number of rotatable bonds is 16. The molecule has 90 heavy (non-hydrogen) atoms. The molecule has 0 N–H and O–H groups in total. The Morgan fingerprint density at radius 1 is 0.567 bits per heavy atom. The lowest BCUT2D eigenvalue weighted by atomic mass is 10.0. The highest BCUT2D eigenvalue weighted by Crippen LogP contribution is 2.37. The molecule has 14 rings (SSSR count). The van der Waals surface area contributed by atoms with Crippen LogP contribution in [0.25, 0.3) is 66.6 Å². The van der Waals surface area contributed by atoms with Gasteiger partial charge in [-0.25, -0.2) is 29.3 Å². The maximum Gasteiger partial charge on any atom is 0.225 e. The molecular weight excluding hydrogens is 1140 g/mol. The van der Waals surface area contributed by atoms with E-state index in [1.165, 1.54) is 23.4 Å². The Bertz CT molecular complexity index is 4210. The Hall–Kier alpha value is -8.99. The zero-order chi connectivity index (χ0) is 62.9. The van der Waals surface area contributed by atoms with E-state index in [1.807, 2.05) is 104 Å². The molecule has 3 aliphatic carbocycles.